The van der Waals surface area contributed by atoms with Gasteiger partial charge in [-0.05, 0) is 19.3 Å². The van der Waals surface area contributed by atoms with Gasteiger partial charge in [0.25, 0.3) is 0 Å². The van der Waals surface area contributed by atoms with E-state index in [0.717, 1.165) is 18.2 Å². The first-order chi connectivity index (χ1) is 7.67. The number of ether oxygens (including phenoxy) is 1. The van der Waals surface area contributed by atoms with Crippen LogP contribution in [0.15, 0.2) is 6.07 Å². The second-order valence-corrected chi connectivity index (χ2v) is 5.65. The third kappa shape index (κ3) is 3.12. The van der Waals surface area contributed by atoms with Gasteiger partial charge in [0.1, 0.15) is 0 Å². The Labute approximate surface area is 103 Å². The van der Waals surface area contributed by atoms with E-state index in [-0.39, 0.29) is 11.0 Å². The van der Waals surface area contributed by atoms with Crippen molar-refractivity contribution in [3.8, 4) is 5.88 Å². The average molecular weight is 240 g/mol. The number of rotatable bonds is 5. The molecule has 0 atom stereocenters. The number of nitrogens with one attached hydrogen (secondary N) is 1. The van der Waals surface area contributed by atoms with Crippen LogP contribution in [0.1, 0.15) is 27.7 Å². The number of hydrogen-bond donors (Lipinski definition) is 2. The van der Waals surface area contributed by atoms with E-state index in [1.807, 2.05) is 27.0 Å². The Bertz CT molecular complexity index is 376. The van der Waals surface area contributed by atoms with Crippen LogP contribution in [0, 0.1) is 5.41 Å². The zero-order valence-corrected chi connectivity index (χ0v) is 11.7. The van der Waals surface area contributed by atoms with Crippen LogP contribution in [-0.4, -0.2) is 29.0 Å². The first-order valence-corrected chi connectivity index (χ1v) is 5.78. The summed E-state index contributed by atoms with van der Waals surface area (Å²) in [7, 11) is 3.48. The number of aryl methyl sites for hydroxylation is 1. The van der Waals surface area contributed by atoms with Gasteiger partial charge in [0.2, 0.25) is 5.88 Å². The molecule has 0 aliphatic carbocycles. The zero-order chi connectivity index (χ0) is 13.3. The molecule has 0 saturated carbocycles. The molecular weight excluding hydrogens is 216 g/mol. The first-order valence-electron chi connectivity index (χ1n) is 5.78. The van der Waals surface area contributed by atoms with E-state index in [1.165, 1.54) is 0 Å². The van der Waals surface area contributed by atoms with Gasteiger partial charge >= 0.3 is 0 Å². The average Bonchev–Trinajstić information content (AvgIpc) is 2.54. The number of nitrogens with two attached hydrogens (primary N) is 1. The molecule has 0 saturated heterocycles. The summed E-state index contributed by atoms with van der Waals surface area (Å²) < 4.78 is 6.86. The lowest BCUT2D eigenvalue weighted by Crippen LogP contribution is -2.50. The standard InChI is InChI=1S/C12H24N4O/c1-11(2,12(3,4)13)8-14-9-7-10(17-6)16(5)15-9/h7H,8,13H2,1-6H3,(H,14,15). The van der Waals surface area contributed by atoms with Crippen LogP contribution in [0.2, 0.25) is 0 Å². The van der Waals surface area contributed by atoms with Gasteiger partial charge in [-0.25, -0.2) is 4.68 Å². The normalized spacial score (nSPS) is 12.6. The topological polar surface area (TPSA) is 65.1 Å². The molecule has 0 fully saturated rings. The van der Waals surface area contributed by atoms with E-state index in [1.54, 1.807) is 11.8 Å². The smallest absolute Gasteiger partial charge is 0.213 e. The third-order valence-corrected chi connectivity index (χ3v) is 3.50. The van der Waals surface area contributed by atoms with Gasteiger partial charge < -0.3 is 15.8 Å². The molecule has 0 unspecified atom stereocenters. The number of nitrogens with zero attached hydrogens (tertiary/aromatic N) is 2. The quantitative estimate of drug-likeness (QED) is 0.820. The Kier molecular flexibility index (Phi) is 3.71. The van der Waals surface area contributed by atoms with Gasteiger partial charge in [-0.15, -0.1) is 0 Å². The fraction of sp³-hybridized carbons (Fsp3) is 0.750. The maximum Gasteiger partial charge on any atom is 0.213 e. The summed E-state index contributed by atoms with van der Waals surface area (Å²) in [5.41, 5.74) is 5.87. The molecule has 0 amide bonds. The van der Waals surface area contributed by atoms with Crippen molar-refractivity contribution in [3.63, 3.8) is 0 Å². The number of hydrogen-bond acceptors (Lipinski definition) is 4. The van der Waals surface area contributed by atoms with Gasteiger partial charge in [0.15, 0.2) is 5.82 Å². The monoisotopic (exact) mass is 240 g/mol. The van der Waals surface area contributed by atoms with Crippen LogP contribution in [0.4, 0.5) is 5.82 Å². The molecular formula is C12H24N4O. The zero-order valence-electron chi connectivity index (χ0n) is 11.7. The number of anilines is 1. The van der Waals surface area contributed by atoms with Crippen LogP contribution in [0.25, 0.3) is 0 Å². The second-order valence-electron chi connectivity index (χ2n) is 5.65. The second kappa shape index (κ2) is 4.56. The number of methoxy groups -OCH3 is 1. The largest absolute Gasteiger partial charge is 0.481 e. The van der Waals surface area contributed by atoms with E-state index < -0.39 is 0 Å². The molecule has 0 spiro atoms. The van der Waals surface area contributed by atoms with Crippen molar-refractivity contribution < 1.29 is 4.74 Å². The highest BCUT2D eigenvalue weighted by Crippen LogP contribution is 2.28. The van der Waals surface area contributed by atoms with Crippen molar-refractivity contribution in [1.29, 1.82) is 0 Å². The van der Waals surface area contributed by atoms with Gasteiger partial charge in [-0.3, -0.25) is 0 Å². The van der Waals surface area contributed by atoms with E-state index in [0.29, 0.717) is 0 Å². The summed E-state index contributed by atoms with van der Waals surface area (Å²) in [6.45, 7) is 9.11. The van der Waals surface area contributed by atoms with E-state index in [9.17, 15) is 0 Å². The molecule has 0 radical (unpaired) electrons. The predicted molar refractivity (Wildman–Crippen MR) is 70.3 cm³/mol. The summed E-state index contributed by atoms with van der Waals surface area (Å²) in [5.74, 6) is 1.54. The molecule has 0 bridgehead atoms. The minimum Gasteiger partial charge on any atom is -0.481 e. The fourth-order valence-corrected chi connectivity index (χ4v) is 1.27. The summed E-state index contributed by atoms with van der Waals surface area (Å²) >= 11 is 0. The SMILES string of the molecule is COc1cc(NCC(C)(C)C(C)(C)N)nn1C. The van der Waals surface area contributed by atoms with Crippen LogP contribution in [0.5, 0.6) is 5.88 Å². The van der Waals surface area contributed by atoms with Crippen LogP contribution < -0.4 is 15.8 Å². The summed E-state index contributed by atoms with van der Waals surface area (Å²) in [5, 5.41) is 7.60. The fourth-order valence-electron chi connectivity index (χ4n) is 1.27. The Balaban J connectivity index is 2.67. The van der Waals surface area contributed by atoms with Crippen molar-refractivity contribution in [2.24, 2.45) is 18.2 Å². The highest BCUT2D eigenvalue weighted by Gasteiger charge is 2.33. The maximum absolute atomic E-state index is 6.15. The van der Waals surface area contributed by atoms with E-state index >= 15 is 0 Å². The molecule has 0 aliphatic rings. The van der Waals surface area contributed by atoms with Gasteiger partial charge in [0, 0.05) is 25.2 Å². The summed E-state index contributed by atoms with van der Waals surface area (Å²) in [4.78, 5) is 0. The van der Waals surface area contributed by atoms with Gasteiger partial charge in [0.05, 0.1) is 7.11 Å². The lowest BCUT2D eigenvalue weighted by atomic mass is 9.75. The van der Waals surface area contributed by atoms with Crippen LogP contribution >= 0.6 is 0 Å². The highest BCUT2D eigenvalue weighted by atomic mass is 16.5. The lowest BCUT2D eigenvalue weighted by Gasteiger charge is -2.38. The molecule has 0 aromatic carbocycles. The van der Waals surface area contributed by atoms with Crippen LogP contribution in [-0.2, 0) is 7.05 Å². The minimum absolute atomic E-state index is 0.0300. The predicted octanol–water partition coefficient (Wildman–Crippen LogP) is 1.60. The molecule has 5 nitrogen and oxygen atoms in total. The molecule has 1 aromatic rings. The van der Waals surface area contributed by atoms with Gasteiger partial charge in [-0.2, -0.15) is 5.10 Å². The van der Waals surface area contributed by atoms with Crippen molar-refractivity contribution >= 4 is 5.82 Å². The minimum atomic E-state index is -0.251. The van der Waals surface area contributed by atoms with Crippen molar-refractivity contribution in [2.75, 3.05) is 19.0 Å². The van der Waals surface area contributed by atoms with Crippen molar-refractivity contribution in [3.05, 3.63) is 6.07 Å². The maximum atomic E-state index is 6.15. The van der Waals surface area contributed by atoms with Crippen molar-refractivity contribution in [1.82, 2.24) is 9.78 Å². The van der Waals surface area contributed by atoms with Crippen molar-refractivity contribution in [2.45, 2.75) is 33.2 Å². The summed E-state index contributed by atoms with van der Waals surface area (Å²) in [6, 6.07) is 1.87. The highest BCUT2D eigenvalue weighted by molar-refractivity contribution is 5.38. The van der Waals surface area contributed by atoms with E-state index in [4.69, 9.17) is 10.5 Å². The Morgan fingerprint density at radius 3 is 2.41 bits per heavy atom. The summed E-state index contributed by atoms with van der Waals surface area (Å²) in [6.07, 6.45) is 0. The Hall–Kier alpha value is -1.23. The first kappa shape index (κ1) is 13.8. The molecule has 1 rings (SSSR count). The molecule has 1 aromatic heterocycles. The molecule has 0 aliphatic heterocycles. The van der Waals surface area contributed by atoms with E-state index in [2.05, 4.69) is 24.3 Å². The molecule has 98 valence electrons. The lowest BCUT2D eigenvalue weighted by molar-refractivity contribution is 0.219. The molecule has 5 heteroatoms. The van der Waals surface area contributed by atoms with Gasteiger partial charge in [-0.1, -0.05) is 13.8 Å². The molecule has 17 heavy (non-hydrogen) atoms. The van der Waals surface area contributed by atoms with Crippen LogP contribution in [0.3, 0.4) is 0 Å². The Morgan fingerprint density at radius 1 is 1.41 bits per heavy atom. The number of aromatic nitrogens is 2. The molecule has 1 heterocycles. The Morgan fingerprint density at radius 2 is 2.00 bits per heavy atom. The third-order valence-electron chi connectivity index (χ3n) is 3.50. The molecule has 3 N–H and O–H groups in total.